The van der Waals surface area contributed by atoms with Crippen molar-refractivity contribution in [1.82, 2.24) is 9.88 Å². The maximum atomic E-state index is 12.5. The van der Waals surface area contributed by atoms with Gasteiger partial charge in [0.2, 0.25) is 5.91 Å². The summed E-state index contributed by atoms with van der Waals surface area (Å²) in [5, 5.41) is 2.90. The second-order valence-electron chi connectivity index (χ2n) is 5.42. The molecular formula is C13H23Cl2N3OS. The Morgan fingerprint density at radius 3 is 2.80 bits per heavy atom. The maximum absolute atomic E-state index is 12.5. The van der Waals surface area contributed by atoms with E-state index in [9.17, 15) is 4.79 Å². The number of hydrogen-bond donors (Lipinski definition) is 1. The Hall–Kier alpha value is -0.360. The van der Waals surface area contributed by atoms with E-state index in [2.05, 4.69) is 4.98 Å². The topological polar surface area (TPSA) is 59.2 Å². The van der Waals surface area contributed by atoms with Crippen LogP contribution in [0.3, 0.4) is 0 Å². The third-order valence-electron chi connectivity index (χ3n) is 3.78. The Morgan fingerprint density at radius 2 is 2.25 bits per heavy atom. The van der Waals surface area contributed by atoms with Gasteiger partial charge in [0, 0.05) is 24.2 Å². The summed E-state index contributed by atoms with van der Waals surface area (Å²) in [4.78, 5) is 18.4. The molecule has 0 bridgehead atoms. The van der Waals surface area contributed by atoms with E-state index >= 15 is 0 Å². The van der Waals surface area contributed by atoms with E-state index in [1.54, 1.807) is 22.4 Å². The predicted molar refractivity (Wildman–Crippen MR) is 87.6 cm³/mol. The summed E-state index contributed by atoms with van der Waals surface area (Å²) >= 11 is 1.58. The third kappa shape index (κ3) is 4.58. The van der Waals surface area contributed by atoms with E-state index in [1.807, 2.05) is 19.4 Å². The van der Waals surface area contributed by atoms with Gasteiger partial charge in [0.05, 0.1) is 12.5 Å². The van der Waals surface area contributed by atoms with Gasteiger partial charge in [-0.25, -0.2) is 4.98 Å². The summed E-state index contributed by atoms with van der Waals surface area (Å²) < 4.78 is 0. The zero-order valence-corrected chi connectivity index (χ0v) is 14.3. The van der Waals surface area contributed by atoms with Crippen LogP contribution in [0.2, 0.25) is 0 Å². The molecule has 1 aliphatic rings. The first kappa shape index (κ1) is 19.6. The molecule has 1 amide bonds. The summed E-state index contributed by atoms with van der Waals surface area (Å²) in [6.45, 7) is 2.59. The largest absolute Gasteiger partial charge is 0.339 e. The van der Waals surface area contributed by atoms with Crippen molar-refractivity contribution in [3.05, 3.63) is 16.6 Å². The van der Waals surface area contributed by atoms with Crippen molar-refractivity contribution < 1.29 is 4.79 Å². The average Bonchev–Trinajstić information content (AvgIpc) is 2.80. The van der Waals surface area contributed by atoms with Crippen molar-refractivity contribution in [1.29, 1.82) is 0 Å². The molecular weight excluding hydrogens is 317 g/mol. The highest BCUT2D eigenvalue weighted by molar-refractivity contribution is 7.09. The first-order valence-corrected chi connectivity index (χ1v) is 7.31. The van der Waals surface area contributed by atoms with E-state index in [-0.39, 0.29) is 42.2 Å². The van der Waals surface area contributed by atoms with Crippen molar-refractivity contribution in [2.75, 3.05) is 7.05 Å². The molecule has 2 unspecified atom stereocenters. The number of carbonyl (C=O) groups is 1. The zero-order valence-electron chi connectivity index (χ0n) is 11.9. The molecule has 1 aromatic rings. The number of hydrogen-bond acceptors (Lipinski definition) is 4. The summed E-state index contributed by atoms with van der Waals surface area (Å²) in [5.41, 5.74) is 5.92. The zero-order chi connectivity index (χ0) is 13.2. The van der Waals surface area contributed by atoms with Crippen LogP contribution in [-0.2, 0) is 11.3 Å². The summed E-state index contributed by atoms with van der Waals surface area (Å²) in [6.07, 6.45) is 5.86. The highest BCUT2D eigenvalue weighted by Gasteiger charge is 2.39. The molecule has 0 saturated heterocycles. The van der Waals surface area contributed by atoms with Crippen molar-refractivity contribution in [2.45, 2.75) is 44.7 Å². The smallest absolute Gasteiger partial charge is 0.227 e. The van der Waals surface area contributed by atoms with Crippen LogP contribution < -0.4 is 5.73 Å². The second-order valence-corrected chi connectivity index (χ2v) is 6.40. The van der Waals surface area contributed by atoms with Gasteiger partial charge >= 0.3 is 0 Å². The van der Waals surface area contributed by atoms with Crippen molar-refractivity contribution in [3.63, 3.8) is 0 Å². The molecule has 2 N–H and O–H groups in total. The summed E-state index contributed by atoms with van der Waals surface area (Å²) in [6, 6.07) is 0. The molecule has 1 aromatic heterocycles. The lowest BCUT2D eigenvalue weighted by molar-refractivity contribution is -0.138. The monoisotopic (exact) mass is 339 g/mol. The number of halogens is 2. The summed E-state index contributed by atoms with van der Waals surface area (Å²) in [5.74, 6) is 0.117. The van der Waals surface area contributed by atoms with Crippen LogP contribution in [0.25, 0.3) is 0 Å². The Labute approximate surface area is 137 Å². The molecule has 1 aliphatic carbocycles. The number of aromatic nitrogens is 1. The molecule has 1 saturated carbocycles. The standard InChI is InChI=1S/C13H21N3OS.2ClH/c1-13(14)6-4-3-5-10(13)12(17)16(2)9-11-15-7-8-18-11;;/h7-8,10H,3-6,9,14H2,1-2H3;2*1H. The number of rotatable bonds is 3. The van der Waals surface area contributed by atoms with Gasteiger partial charge in [-0.3, -0.25) is 4.79 Å². The highest BCUT2D eigenvalue weighted by Crippen LogP contribution is 2.33. The van der Waals surface area contributed by atoms with Gasteiger partial charge in [-0.1, -0.05) is 12.8 Å². The Balaban J connectivity index is 0.00000180. The lowest BCUT2D eigenvalue weighted by atomic mass is 9.74. The minimum Gasteiger partial charge on any atom is -0.339 e. The van der Waals surface area contributed by atoms with Crippen molar-refractivity contribution >= 4 is 42.1 Å². The first-order valence-electron chi connectivity index (χ1n) is 6.43. The lowest BCUT2D eigenvalue weighted by Gasteiger charge is -2.39. The van der Waals surface area contributed by atoms with Gasteiger partial charge in [0.15, 0.2) is 0 Å². The summed E-state index contributed by atoms with van der Waals surface area (Å²) in [7, 11) is 1.84. The Bertz CT molecular complexity index is 412. The number of thiazole rings is 1. The van der Waals surface area contributed by atoms with Gasteiger partial charge in [-0.15, -0.1) is 36.2 Å². The predicted octanol–water partition coefficient (Wildman–Crippen LogP) is 2.85. The molecule has 0 aromatic carbocycles. The minimum absolute atomic E-state index is 0. The molecule has 1 heterocycles. The molecule has 116 valence electrons. The van der Waals surface area contributed by atoms with Crippen LogP contribution in [0.1, 0.15) is 37.6 Å². The van der Waals surface area contributed by atoms with E-state index in [0.717, 1.165) is 30.7 Å². The fourth-order valence-electron chi connectivity index (χ4n) is 2.64. The van der Waals surface area contributed by atoms with Crippen LogP contribution in [0, 0.1) is 5.92 Å². The molecule has 20 heavy (non-hydrogen) atoms. The Morgan fingerprint density at radius 1 is 1.55 bits per heavy atom. The van der Waals surface area contributed by atoms with Crippen molar-refractivity contribution in [2.24, 2.45) is 11.7 Å². The van der Waals surface area contributed by atoms with Crippen LogP contribution in [-0.4, -0.2) is 28.4 Å². The number of nitrogens with two attached hydrogens (primary N) is 1. The van der Waals surface area contributed by atoms with E-state index in [4.69, 9.17) is 5.73 Å². The van der Waals surface area contributed by atoms with Crippen LogP contribution in [0.5, 0.6) is 0 Å². The molecule has 0 radical (unpaired) electrons. The fourth-order valence-corrected chi connectivity index (χ4v) is 3.31. The molecule has 0 spiro atoms. The van der Waals surface area contributed by atoms with Gasteiger partial charge in [-0.2, -0.15) is 0 Å². The molecule has 2 rings (SSSR count). The van der Waals surface area contributed by atoms with Gasteiger partial charge in [0.25, 0.3) is 0 Å². The number of amides is 1. The van der Waals surface area contributed by atoms with Crippen LogP contribution in [0.4, 0.5) is 0 Å². The Kier molecular flexibility index (Phi) is 8.03. The minimum atomic E-state index is -0.355. The van der Waals surface area contributed by atoms with Gasteiger partial charge < -0.3 is 10.6 Å². The molecule has 1 fully saturated rings. The van der Waals surface area contributed by atoms with Crippen molar-refractivity contribution in [3.8, 4) is 0 Å². The normalized spacial score (nSPS) is 25.2. The molecule has 7 heteroatoms. The van der Waals surface area contributed by atoms with Crippen LogP contribution >= 0.6 is 36.2 Å². The van der Waals surface area contributed by atoms with Gasteiger partial charge in [0.1, 0.15) is 5.01 Å². The SMILES string of the molecule is CN(Cc1nccs1)C(=O)C1CCCCC1(C)N.Cl.Cl. The van der Waals surface area contributed by atoms with E-state index in [0.29, 0.717) is 6.54 Å². The average molecular weight is 340 g/mol. The second kappa shape index (κ2) is 8.17. The third-order valence-corrected chi connectivity index (χ3v) is 4.55. The first-order chi connectivity index (χ1) is 8.50. The van der Waals surface area contributed by atoms with Crippen LogP contribution in [0.15, 0.2) is 11.6 Å². The maximum Gasteiger partial charge on any atom is 0.227 e. The number of carbonyl (C=O) groups excluding carboxylic acids is 1. The van der Waals surface area contributed by atoms with E-state index < -0.39 is 0 Å². The quantitative estimate of drug-likeness (QED) is 0.920. The fraction of sp³-hybridized carbons (Fsp3) is 0.692. The highest BCUT2D eigenvalue weighted by atomic mass is 35.5. The molecule has 4 nitrogen and oxygen atoms in total. The van der Waals surface area contributed by atoms with Gasteiger partial charge in [-0.05, 0) is 19.8 Å². The van der Waals surface area contributed by atoms with E-state index in [1.165, 1.54) is 0 Å². The molecule has 0 aliphatic heterocycles. The number of nitrogens with zero attached hydrogens (tertiary/aromatic N) is 2. The lowest BCUT2D eigenvalue weighted by Crippen LogP contribution is -2.53. The molecule has 2 atom stereocenters.